The lowest BCUT2D eigenvalue weighted by atomic mass is 10.1. The van der Waals surface area contributed by atoms with E-state index in [4.69, 9.17) is 0 Å². The van der Waals surface area contributed by atoms with E-state index in [0.717, 1.165) is 22.4 Å². The number of benzene rings is 2. The zero-order valence-corrected chi connectivity index (χ0v) is 17.4. The van der Waals surface area contributed by atoms with Crippen molar-refractivity contribution in [3.05, 3.63) is 59.2 Å². The molecule has 28 heavy (non-hydrogen) atoms. The number of anilines is 1. The van der Waals surface area contributed by atoms with Crippen LogP contribution in [0.2, 0.25) is 0 Å². The van der Waals surface area contributed by atoms with Crippen molar-refractivity contribution in [3.63, 3.8) is 0 Å². The van der Waals surface area contributed by atoms with Crippen LogP contribution in [-0.4, -0.2) is 56.3 Å². The molecule has 1 saturated heterocycles. The zero-order chi connectivity index (χ0) is 20.3. The molecule has 150 valence electrons. The summed E-state index contributed by atoms with van der Waals surface area (Å²) in [5.74, 6) is -0.0801. The van der Waals surface area contributed by atoms with Gasteiger partial charge in [0.25, 0.3) is 0 Å². The Balaban J connectivity index is 1.55. The minimum Gasteiger partial charge on any atom is -0.325 e. The van der Waals surface area contributed by atoms with Crippen molar-refractivity contribution in [2.24, 2.45) is 0 Å². The number of nitrogens with one attached hydrogen (secondary N) is 1. The van der Waals surface area contributed by atoms with Crippen molar-refractivity contribution in [1.82, 2.24) is 9.21 Å². The molecule has 0 bridgehead atoms. The third-order valence-electron chi connectivity index (χ3n) is 5.02. The maximum absolute atomic E-state index is 12.8. The fourth-order valence-electron chi connectivity index (χ4n) is 3.25. The Hall–Kier alpha value is -2.22. The lowest BCUT2D eigenvalue weighted by Gasteiger charge is -2.33. The summed E-state index contributed by atoms with van der Waals surface area (Å²) in [4.78, 5) is 14.7. The van der Waals surface area contributed by atoms with E-state index in [9.17, 15) is 13.2 Å². The van der Waals surface area contributed by atoms with Gasteiger partial charge in [0, 0.05) is 31.9 Å². The Morgan fingerprint density at radius 2 is 1.54 bits per heavy atom. The third kappa shape index (κ3) is 4.79. The third-order valence-corrected chi connectivity index (χ3v) is 6.94. The first-order valence-electron chi connectivity index (χ1n) is 9.42. The summed E-state index contributed by atoms with van der Waals surface area (Å²) in [6, 6.07) is 12.9. The Bertz CT molecular complexity index is 947. The van der Waals surface area contributed by atoms with Gasteiger partial charge in [-0.15, -0.1) is 0 Å². The molecule has 1 heterocycles. The van der Waals surface area contributed by atoms with Crippen molar-refractivity contribution in [1.29, 1.82) is 0 Å². The van der Waals surface area contributed by atoms with Gasteiger partial charge in [0.05, 0.1) is 11.4 Å². The number of aryl methyl sites for hydroxylation is 3. The van der Waals surface area contributed by atoms with Gasteiger partial charge in [0.2, 0.25) is 15.9 Å². The summed E-state index contributed by atoms with van der Waals surface area (Å²) in [6.07, 6.45) is 0. The van der Waals surface area contributed by atoms with Crippen LogP contribution in [0.3, 0.4) is 0 Å². The number of sulfonamides is 1. The van der Waals surface area contributed by atoms with Crippen LogP contribution < -0.4 is 5.32 Å². The van der Waals surface area contributed by atoms with E-state index in [-0.39, 0.29) is 12.5 Å². The van der Waals surface area contributed by atoms with Crippen molar-refractivity contribution < 1.29 is 13.2 Å². The van der Waals surface area contributed by atoms with Crippen molar-refractivity contribution >= 4 is 21.6 Å². The Morgan fingerprint density at radius 3 is 2.18 bits per heavy atom. The van der Waals surface area contributed by atoms with Gasteiger partial charge in [-0.25, -0.2) is 8.42 Å². The van der Waals surface area contributed by atoms with Crippen molar-refractivity contribution in [2.45, 2.75) is 25.7 Å². The molecule has 0 atom stereocenters. The molecule has 2 aromatic carbocycles. The highest BCUT2D eigenvalue weighted by atomic mass is 32.2. The Labute approximate surface area is 167 Å². The van der Waals surface area contributed by atoms with Gasteiger partial charge in [0.1, 0.15) is 0 Å². The summed E-state index contributed by atoms with van der Waals surface area (Å²) in [7, 11) is -3.48. The van der Waals surface area contributed by atoms with Crippen LogP contribution in [0.15, 0.2) is 47.4 Å². The molecule has 6 nitrogen and oxygen atoms in total. The minimum atomic E-state index is -3.48. The number of amides is 1. The summed E-state index contributed by atoms with van der Waals surface area (Å²) in [6.45, 7) is 7.97. The highest BCUT2D eigenvalue weighted by Crippen LogP contribution is 2.19. The highest BCUT2D eigenvalue weighted by Gasteiger charge is 2.29. The highest BCUT2D eigenvalue weighted by molar-refractivity contribution is 7.89. The van der Waals surface area contributed by atoms with Crippen LogP contribution in [0.5, 0.6) is 0 Å². The maximum Gasteiger partial charge on any atom is 0.243 e. The average Bonchev–Trinajstić information content (AvgIpc) is 2.65. The van der Waals surface area contributed by atoms with Gasteiger partial charge in [-0.2, -0.15) is 4.31 Å². The molecule has 1 aliphatic heterocycles. The van der Waals surface area contributed by atoms with Crippen LogP contribution in [0.1, 0.15) is 16.7 Å². The molecule has 0 aliphatic carbocycles. The molecule has 0 radical (unpaired) electrons. The molecule has 0 aromatic heterocycles. The van der Waals surface area contributed by atoms with Crippen LogP contribution in [0.4, 0.5) is 5.69 Å². The second-order valence-corrected chi connectivity index (χ2v) is 9.30. The first-order chi connectivity index (χ1) is 13.3. The summed E-state index contributed by atoms with van der Waals surface area (Å²) in [5.41, 5.74) is 3.97. The molecule has 1 aliphatic rings. The average molecular weight is 402 g/mol. The number of carbonyl (C=O) groups is 1. The fourth-order valence-corrected chi connectivity index (χ4v) is 4.67. The number of rotatable bonds is 5. The fraction of sp³-hybridized carbons (Fsp3) is 0.381. The molecule has 0 spiro atoms. The van der Waals surface area contributed by atoms with Gasteiger partial charge in [-0.1, -0.05) is 29.8 Å². The van der Waals surface area contributed by atoms with Gasteiger partial charge in [0.15, 0.2) is 0 Å². The predicted octanol–water partition coefficient (Wildman–Crippen LogP) is 2.56. The first-order valence-corrected chi connectivity index (χ1v) is 10.9. The maximum atomic E-state index is 12.8. The van der Waals surface area contributed by atoms with Gasteiger partial charge in [-0.05, 0) is 50.1 Å². The second kappa shape index (κ2) is 8.43. The monoisotopic (exact) mass is 401 g/mol. The quantitative estimate of drug-likeness (QED) is 0.836. The van der Waals surface area contributed by atoms with E-state index in [1.165, 1.54) is 4.31 Å². The number of nitrogens with zero attached hydrogens (tertiary/aromatic N) is 2. The molecule has 1 N–H and O–H groups in total. The summed E-state index contributed by atoms with van der Waals surface area (Å²) >= 11 is 0. The van der Waals surface area contributed by atoms with Gasteiger partial charge in [-0.3, -0.25) is 9.69 Å². The SMILES string of the molecule is Cc1ccc(S(=O)(=O)N2CCN(CC(=O)Nc3cc(C)ccc3C)CC2)cc1. The van der Waals surface area contributed by atoms with E-state index in [0.29, 0.717) is 31.1 Å². The molecular formula is C21H27N3O3S. The molecule has 1 amide bonds. The van der Waals surface area contributed by atoms with E-state index in [1.807, 2.05) is 43.9 Å². The van der Waals surface area contributed by atoms with Crippen LogP contribution >= 0.6 is 0 Å². The van der Waals surface area contributed by atoms with Crippen LogP contribution in [-0.2, 0) is 14.8 Å². The van der Waals surface area contributed by atoms with E-state index in [1.54, 1.807) is 24.3 Å². The molecule has 3 rings (SSSR count). The van der Waals surface area contributed by atoms with Crippen molar-refractivity contribution in [3.8, 4) is 0 Å². The zero-order valence-electron chi connectivity index (χ0n) is 16.6. The van der Waals surface area contributed by atoms with Crippen LogP contribution in [0.25, 0.3) is 0 Å². The molecule has 2 aromatic rings. The van der Waals surface area contributed by atoms with Gasteiger partial charge < -0.3 is 5.32 Å². The second-order valence-electron chi connectivity index (χ2n) is 7.36. The lowest BCUT2D eigenvalue weighted by molar-refractivity contribution is -0.117. The molecule has 1 fully saturated rings. The lowest BCUT2D eigenvalue weighted by Crippen LogP contribution is -2.50. The number of hydrogen-bond acceptors (Lipinski definition) is 4. The van der Waals surface area contributed by atoms with Crippen LogP contribution in [0, 0.1) is 20.8 Å². The van der Waals surface area contributed by atoms with Gasteiger partial charge >= 0.3 is 0 Å². The predicted molar refractivity (Wildman–Crippen MR) is 111 cm³/mol. The molecule has 0 saturated carbocycles. The van der Waals surface area contributed by atoms with Crippen molar-refractivity contribution in [2.75, 3.05) is 38.0 Å². The number of piperazine rings is 1. The number of hydrogen-bond donors (Lipinski definition) is 1. The van der Waals surface area contributed by atoms with E-state index < -0.39 is 10.0 Å². The topological polar surface area (TPSA) is 69.7 Å². The first kappa shape index (κ1) is 20.5. The number of carbonyl (C=O) groups excluding carboxylic acids is 1. The standard InChI is InChI=1S/C21H27N3O3S/c1-16-5-8-19(9-6-16)28(26,27)24-12-10-23(11-13-24)15-21(25)22-20-14-17(2)4-7-18(20)3/h4-9,14H,10-13,15H2,1-3H3,(H,22,25). The minimum absolute atomic E-state index is 0.0801. The summed E-state index contributed by atoms with van der Waals surface area (Å²) < 4.78 is 27.0. The molecule has 7 heteroatoms. The van der Waals surface area contributed by atoms with E-state index >= 15 is 0 Å². The largest absolute Gasteiger partial charge is 0.325 e. The Kier molecular flexibility index (Phi) is 6.17. The molecular weight excluding hydrogens is 374 g/mol. The molecule has 0 unspecified atom stereocenters. The smallest absolute Gasteiger partial charge is 0.243 e. The Morgan fingerprint density at radius 1 is 0.929 bits per heavy atom. The summed E-state index contributed by atoms with van der Waals surface area (Å²) in [5, 5.41) is 2.96. The van der Waals surface area contributed by atoms with E-state index in [2.05, 4.69) is 5.32 Å². The normalized spacial score (nSPS) is 16.1.